The topological polar surface area (TPSA) is 208 Å². The van der Waals surface area contributed by atoms with Gasteiger partial charge in [-0.05, 0) is 56.5 Å². The first-order valence-electron chi connectivity index (χ1n) is 21.3. The number of benzene rings is 2. The molecule has 2 aromatic carbocycles. The average molecular weight is 896 g/mol. The van der Waals surface area contributed by atoms with Gasteiger partial charge in [-0.2, -0.15) is 0 Å². The Kier molecular flexibility index (Phi) is 14.7. The summed E-state index contributed by atoms with van der Waals surface area (Å²) in [5.41, 5.74) is -0.310. The molecule has 0 aromatic heterocycles. The lowest BCUT2D eigenvalue weighted by atomic mass is 9.82. The second kappa shape index (κ2) is 19.3. The molecule has 18 heteroatoms. The number of carbonyl (C=O) groups excluding carboxylic acids is 6. The van der Waals surface area contributed by atoms with Crippen LogP contribution >= 0.6 is 21.6 Å². The first-order valence-corrected chi connectivity index (χ1v) is 23.5. The fourth-order valence-corrected chi connectivity index (χ4v) is 11.1. The third-order valence-electron chi connectivity index (χ3n) is 12.4. The zero-order chi connectivity index (χ0) is 45.1. The van der Waals surface area contributed by atoms with Gasteiger partial charge >= 0.3 is 0 Å². The van der Waals surface area contributed by atoms with Crippen molar-refractivity contribution >= 4 is 68.3 Å². The van der Waals surface area contributed by atoms with Crippen LogP contribution in [0.25, 0.3) is 0 Å². The van der Waals surface area contributed by atoms with Crippen molar-refractivity contribution in [2.45, 2.75) is 133 Å². The molecule has 338 valence electrons. The molecule has 16 nitrogen and oxygen atoms in total. The van der Waals surface area contributed by atoms with Crippen LogP contribution in [0.5, 0.6) is 0 Å². The van der Waals surface area contributed by atoms with Gasteiger partial charge in [-0.1, -0.05) is 87.4 Å². The molecule has 4 aliphatic heterocycles. The number of rotatable bonds is 15. The van der Waals surface area contributed by atoms with E-state index in [9.17, 15) is 33.9 Å². The summed E-state index contributed by atoms with van der Waals surface area (Å²) in [5, 5.41) is 26.6. The molecule has 1 unspecified atom stereocenters. The summed E-state index contributed by atoms with van der Waals surface area (Å²) in [6.07, 6.45) is 0.923. The molecule has 4 saturated heterocycles. The number of carbonyl (C=O) groups is 6. The lowest BCUT2D eigenvalue weighted by molar-refractivity contribution is -0.268. The summed E-state index contributed by atoms with van der Waals surface area (Å²) in [6, 6.07) is 10.6. The molecule has 0 spiro atoms. The first kappa shape index (κ1) is 47.3. The molecule has 8 atom stereocenters. The number of para-hydroxylation sites is 2. The monoisotopic (exact) mass is 895 g/mol. The zero-order valence-electron chi connectivity index (χ0n) is 36.7. The van der Waals surface area contributed by atoms with Crippen molar-refractivity contribution in [1.82, 2.24) is 25.8 Å². The van der Waals surface area contributed by atoms with Gasteiger partial charge in [0.15, 0.2) is 5.78 Å². The number of likely N-dealkylation sites (N-methyl/N-ethyl adjacent to an activating group) is 1. The van der Waals surface area contributed by atoms with Crippen molar-refractivity contribution in [2.24, 2.45) is 16.7 Å². The Bertz CT molecular complexity index is 2040. The fourth-order valence-electron chi connectivity index (χ4n) is 8.77. The van der Waals surface area contributed by atoms with Gasteiger partial charge in [0, 0.05) is 46.1 Å². The highest BCUT2D eigenvalue weighted by molar-refractivity contribution is 8.76. The SMILES string of the molecule is CC[C@@H](C)C(=O)N[C@H]1CCO[C@@]2(O)CC(C)(C)C(C(=O)Nc3ccccc3SSc3ccccc3NCC(=O)[C@@H]3N4C(=O)[C@@H](NC(=O)[C@H](C)NC)CCO[C@H]4CC3(C)C)N2C1=O. The van der Waals surface area contributed by atoms with Gasteiger partial charge in [0.05, 0.1) is 31.5 Å². The second-order valence-electron chi connectivity index (χ2n) is 18.0. The van der Waals surface area contributed by atoms with Crippen molar-refractivity contribution in [3.63, 3.8) is 0 Å². The van der Waals surface area contributed by atoms with E-state index in [1.54, 1.807) is 46.9 Å². The molecular formula is C44H61N7O9S2. The maximum absolute atomic E-state index is 14.3. The number of hydrogen-bond donors (Lipinski definition) is 6. The number of amides is 5. The van der Waals surface area contributed by atoms with Crippen LogP contribution < -0.4 is 26.6 Å². The van der Waals surface area contributed by atoms with Crippen LogP contribution in [-0.4, -0.2) is 119 Å². The molecule has 62 heavy (non-hydrogen) atoms. The quantitative estimate of drug-likeness (QED) is 0.140. The van der Waals surface area contributed by atoms with E-state index >= 15 is 0 Å². The highest BCUT2D eigenvalue weighted by atomic mass is 33.1. The van der Waals surface area contributed by atoms with Gasteiger partial charge in [0.1, 0.15) is 30.4 Å². The summed E-state index contributed by atoms with van der Waals surface area (Å²) >= 11 is 0. The number of anilines is 2. The number of nitrogens with one attached hydrogen (secondary N) is 5. The van der Waals surface area contributed by atoms with Crippen LogP contribution in [0.1, 0.15) is 80.6 Å². The molecule has 4 heterocycles. The maximum Gasteiger partial charge on any atom is 0.252 e. The van der Waals surface area contributed by atoms with Crippen LogP contribution in [0.15, 0.2) is 58.3 Å². The third kappa shape index (κ3) is 9.95. The average Bonchev–Trinajstić information content (AvgIpc) is 3.52. The van der Waals surface area contributed by atoms with Gasteiger partial charge in [0.25, 0.3) is 5.91 Å². The Morgan fingerprint density at radius 3 is 2.10 bits per heavy atom. The van der Waals surface area contributed by atoms with Crippen LogP contribution in [-0.2, 0) is 38.2 Å². The van der Waals surface area contributed by atoms with Crippen LogP contribution in [0.3, 0.4) is 0 Å². The highest BCUT2D eigenvalue weighted by Gasteiger charge is 2.62. The molecule has 0 saturated carbocycles. The summed E-state index contributed by atoms with van der Waals surface area (Å²) < 4.78 is 12.0. The van der Waals surface area contributed by atoms with E-state index in [4.69, 9.17) is 9.47 Å². The number of hydrogen-bond acceptors (Lipinski definition) is 13. The highest BCUT2D eigenvalue weighted by Crippen LogP contribution is 2.49. The molecule has 0 aliphatic carbocycles. The summed E-state index contributed by atoms with van der Waals surface area (Å²) in [5.74, 6) is -4.56. The number of Topliss-reactive ketones (excluding diaryl/α,β-unsaturated/α-hetero) is 1. The molecule has 0 radical (unpaired) electrons. The van der Waals surface area contributed by atoms with E-state index in [0.29, 0.717) is 35.5 Å². The summed E-state index contributed by atoms with van der Waals surface area (Å²) in [6.45, 7) is 13.1. The molecule has 5 amide bonds. The van der Waals surface area contributed by atoms with Crippen molar-refractivity contribution in [3.05, 3.63) is 48.5 Å². The molecule has 6 N–H and O–H groups in total. The predicted molar refractivity (Wildman–Crippen MR) is 237 cm³/mol. The van der Waals surface area contributed by atoms with Crippen LogP contribution in [0, 0.1) is 16.7 Å². The molecule has 2 aromatic rings. The van der Waals surface area contributed by atoms with Gasteiger partial charge < -0.3 is 46.1 Å². The lowest BCUT2D eigenvalue weighted by Crippen LogP contribution is -2.60. The number of nitrogens with zero attached hydrogens (tertiary/aromatic N) is 2. The Labute approximate surface area is 371 Å². The van der Waals surface area contributed by atoms with Crippen molar-refractivity contribution in [2.75, 3.05) is 37.4 Å². The number of fused-ring (bicyclic) bond motifs is 2. The number of ketones is 1. The molecule has 6 rings (SSSR count). The molecule has 4 aliphatic rings. The number of ether oxygens (including phenoxy) is 2. The van der Waals surface area contributed by atoms with Gasteiger partial charge in [0.2, 0.25) is 29.5 Å². The summed E-state index contributed by atoms with van der Waals surface area (Å²) in [4.78, 5) is 86.2. The molecule has 4 fully saturated rings. The van der Waals surface area contributed by atoms with E-state index in [-0.39, 0.29) is 62.0 Å². The second-order valence-corrected chi connectivity index (χ2v) is 20.2. The molecular weight excluding hydrogens is 835 g/mol. The minimum absolute atomic E-state index is 0.00955. The first-order chi connectivity index (χ1) is 29.3. The Balaban J connectivity index is 1.14. The lowest BCUT2D eigenvalue weighted by Gasteiger charge is -2.36. The maximum atomic E-state index is 14.3. The van der Waals surface area contributed by atoms with Gasteiger partial charge in [-0.15, -0.1) is 0 Å². The minimum atomic E-state index is -2.03. The smallest absolute Gasteiger partial charge is 0.252 e. The van der Waals surface area contributed by atoms with Crippen molar-refractivity contribution in [3.8, 4) is 0 Å². The van der Waals surface area contributed by atoms with E-state index in [0.717, 1.165) is 9.80 Å². The van der Waals surface area contributed by atoms with E-state index in [2.05, 4.69) is 26.6 Å². The Hall–Kier alpha value is -4.20. The van der Waals surface area contributed by atoms with Gasteiger partial charge in [-0.3, -0.25) is 33.7 Å². The fraction of sp³-hybridized carbons (Fsp3) is 0.591. The zero-order valence-corrected chi connectivity index (χ0v) is 38.4. The third-order valence-corrected chi connectivity index (χ3v) is 14.9. The standard InChI is InChI=1S/C44H61N7O9S2/c1-9-25(2)37(53)48-30-19-21-60-44(58)24-43(6,7)36(51(44)41(30)57)39(55)47-28-15-11-13-17-33(28)62-61-32-16-12-10-14-27(32)46-23-31(52)35-42(4,5)22-34-50(35)40(56)29(18-20-59-34)49-38(54)26(3)45-8/h10-17,25-26,29-30,34-36,45-46,58H,9,18-24H2,1-8H3,(H,47,55)(H,48,53)(H,49,54)/t25-,26+,29+,30+,34+,35+,36?,44+/m1/s1. The van der Waals surface area contributed by atoms with Gasteiger partial charge in [-0.25, -0.2) is 0 Å². The molecule has 0 bridgehead atoms. The minimum Gasteiger partial charge on any atom is -0.377 e. The normalized spacial score (nSPS) is 27.5. The van der Waals surface area contributed by atoms with E-state index < -0.39 is 65.0 Å². The summed E-state index contributed by atoms with van der Waals surface area (Å²) in [7, 11) is 4.47. The van der Waals surface area contributed by atoms with Crippen LogP contribution in [0.4, 0.5) is 11.4 Å². The van der Waals surface area contributed by atoms with E-state index in [1.807, 2.05) is 57.2 Å². The van der Waals surface area contributed by atoms with Crippen LogP contribution in [0.2, 0.25) is 0 Å². The van der Waals surface area contributed by atoms with Crippen molar-refractivity contribution < 1.29 is 43.3 Å². The largest absolute Gasteiger partial charge is 0.377 e. The van der Waals surface area contributed by atoms with E-state index in [1.165, 1.54) is 26.5 Å². The number of aliphatic hydroxyl groups is 1. The Morgan fingerprint density at radius 2 is 1.44 bits per heavy atom. The predicted octanol–water partition coefficient (Wildman–Crippen LogP) is 4.10. The Morgan fingerprint density at radius 1 is 0.839 bits per heavy atom. The van der Waals surface area contributed by atoms with Crippen molar-refractivity contribution in [1.29, 1.82) is 0 Å².